The zero-order chi connectivity index (χ0) is 21.1. The van der Waals surface area contributed by atoms with Gasteiger partial charge in [0.05, 0.1) is 12.6 Å². The Bertz CT molecular complexity index is 800. The summed E-state index contributed by atoms with van der Waals surface area (Å²) in [4.78, 5) is 35.3. The van der Waals surface area contributed by atoms with E-state index in [0.717, 1.165) is 22.3 Å². The van der Waals surface area contributed by atoms with Crippen LogP contribution >= 0.6 is 0 Å². The highest BCUT2D eigenvalue weighted by atomic mass is 17.0. The van der Waals surface area contributed by atoms with Crippen molar-refractivity contribution in [1.82, 2.24) is 9.88 Å². The van der Waals surface area contributed by atoms with Crippen LogP contribution in [0.3, 0.4) is 0 Å². The molecule has 12 heteroatoms. The fourth-order valence-electron chi connectivity index (χ4n) is 2.76. The molecule has 0 fully saturated rings. The number of fused-ring (bicyclic) bond motifs is 1. The van der Waals surface area contributed by atoms with Crippen molar-refractivity contribution >= 4 is 16.6 Å². The lowest BCUT2D eigenvalue weighted by Crippen LogP contribution is -2.33. The van der Waals surface area contributed by atoms with Crippen LogP contribution in [0.15, 0.2) is 30.5 Å². The summed E-state index contributed by atoms with van der Waals surface area (Å²) in [5.74, 6) is 0.728. The first-order valence-electron chi connectivity index (χ1n) is 8.93. The highest BCUT2D eigenvalue weighted by molar-refractivity contribution is 5.91. The summed E-state index contributed by atoms with van der Waals surface area (Å²) in [5, 5.41) is 23.1. The van der Waals surface area contributed by atoms with E-state index in [4.69, 9.17) is 4.74 Å². The summed E-state index contributed by atoms with van der Waals surface area (Å²) < 4.78 is 5.21. The van der Waals surface area contributed by atoms with Crippen molar-refractivity contribution in [1.29, 1.82) is 0 Å². The van der Waals surface area contributed by atoms with Crippen LogP contribution in [0.2, 0.25) is 0 Å². The van der Waals surface area contributed by atoms with Crippen LogP contribution in [0.5, 0.6) is 5.75 Å². The minimum absolute atomic E-state index is 0.115. The van der Waals surface area contributed by atoms with Gasteiger partial charge in [0, 0.05) is 43.0 Å². The maximum atomic E-state index is 10.3. The molecular formula is C17H23N5O7. The molecule has 2 aromatic rings. The van der Waals surface area contributed by atoms with E-state index in [1.54, 1.807) is 13.3 Å². The number of methoxy groups -OCH3 is 1. The fourth-order valence-corrected chi connectivity index (χ4v) is 2.76. The molecule has 0 amide bonds. The third-order valence-corrected chi connectivity index (χ3v) is 4.12. The summed E-state index contributed by atoms with van der Waals surface area (Å²) in [6, 6.07) is 7.52. The zero-order valence-electron chi connectivity index (χ0n) is 16.0. The maximum Gasteiger partial charge on any atom is 0.294 e. The van der Waals surface area contributed by atoms with Gasteiger partial charge in [-0.2, -0.15) is 0 Å². The monoisotopic (exact) mass is 409 g/mol. The summed E-state index contributed by atoms with van der Waals surface area (Å²) in [5.41, 5.74) is 1.74. The Morgan fingerprint density at radius 3 is 2.38 bits per heavy atom. The standard InChI is InChI=1S/C17H23N5O7/c1-27-14-3-4-15-16(5-7-19-17(15)13-14)18-6-2-8-20(9-11-28-21(23)24)10-12-29-22(25)26/h3-5,7,13H,2,6,8-12H2,1H3,(H,18,19). The molecule has 1 heterocycles. The molecule has 0 bridgehead atoms. The number of pyridine rings is 1. The van der Waals surface area contributed by atoms with Crippen molar-refractivity contribution in [2.45, 2.75) is 6.42 Å². The second-order valence-electron chi connectivity index (χ2n) is 5.98. The van der Waals surface area contributed by atoms with Gasteiger partial charge in [-0.15, -0.1) is 20.2 Å². The number of aromatic nitrogens is 1. The third kappa shape index (κ3) is 7.62. The van der Waals surface area contributed by atoms with Gasteiger partial charge in [0.25, 0.3) is 10.2 Å². The van der Waals surface area contributed by atoms with Crippen molar-refractivity contribution in [3.05, 3.63) is 50.7 Å². The van der Waals surface area contributed by atoms with Crippen molar-refractivity contribution in [2.75, 3.05) is 51.8 Å². The molecule has 29 heavy (non-hydrogen) atoms. The molecule has 0 saturated heterocycles. The van der Waals surface area contributed by atoms with Crippen LogP contribution < -0.4 is 10.1 Å². The molecule has 0 saturated carbocycles. The summed E-state index contributed by atoms with van der Waals surface area (Å²) >= 11 is 0. The van der Waals surface area contributed by atoms with E-state index in [9.17, 15) is 20.2 Å². The van der Waals surface area contributed by atoms with Crippen molar-refractivity contribution in [3.63, 3.8) is 0 Å². The molecule has 0 radical (unpaired) electrons. The number of nitrogens with one attached hydrogen (secondary N) is 1. The van der Waals surface area contributed by atoms with Crippen LogP contribution in [0, 0.1) is 20.2 Å². The van der Waals surface area contributed by atoms with Crippen molar-refractivity contribution in [3.8, 4) is 5.75 Å². The summed E-state index contributed by atoms with van der Waals surface area (Å²) in [6.45, 7) is 1.49. The molecule has 0 aliphatic carbocycles. The minimum Gasteiger partial charge on any atom is -0.497 e. The van der Waals surface area contributed by atoms with Crippen LogP contribution in [-0.2, 0) is 9.68 Å². The van der Waals surface area contributed by atoms with Gasteiger partial charge in [-0.1, -0.05) is 0 Å². The van der Waals surface area contributed by atoms with Gasteiger partial charge >= 0.3 is 0 Å². The molecular weight excluding hydrogens is 386 g/mol. The molecule has 1 aromatic carbocycles. The number of hydrogen-bond acceptors (Lipinski definition) is 10. The lowest BCUT2D eigenvalue weighted by atomic mass is 10.1. The average molecular weight is 409 g/mol. The Hall–Kier alpha value is -3.41. The second kappa shape index (κ2) is 11.4. The number of nitrogens with zero attached hydrogens (tertiary/aromatic N) is 4. The molecule has 12 nitrogen and oxygen atoms in total. The quantitative estimate of drug-likeness (QED) is 0.278. The number of hydrogen-bond donors (Lipinski definition) is 1. The number of anilines is 1. The fraction of sp³-hybridized carbons (Fsp3) is 0.471. The predicted octanol–water partition coefficient (Wildman–Crippen LogP) is 1.76. The Morgan fingerprint density at radius 1 is 1.07 bits per heavy atom. The second-order valence-corrected chi connectivity index (χ2v) is 5.98. The first-order chi connectivity index (χ1) is 14.0. The van der Waals surface area contributed by atoms with Crippen LogP contribution in [0.4, 0.5) is 5.69 Å². The number of ether oxygens (including phenoxy) is 1. The van der Waals surface area contributed by atoms with Crippen molar-refractivity contribution < 1.29 is 24.6 Å². The molecule has 1 N–H and O–H groups in total. The number of benzene rings is 1. The van der Waals surface area contributed by atoms with E-state index in [1.165, 1.54) is 0 Å². The average Bonchev–Trinajstić information content (AvgIpc) is 2.69. The molecule has 0 atom stereocenters. The smallest absolute Gasteiger partial charge is 0.294 e. The number of rotatable bonds is 14. The van der Waals surface area contributed by atoms with E-state index in [2.05, 4.69) is 20.0 Å². The van der Waals surface area contributed by atoms with Gasteiger partial charge in [-0.3, -0.25) is 9.88 Å². The van der Waals surface area contributed by atoms with E-state index in [1.807, 2.05) is 29.2 Å². The van der Waals surface area contributed by atoms with Gasteiger partial charge in [-0.05, 0) is 31.2 Å². The van der Waals surface area contributed by atoms with E-state index in [-0.39, 0.29) is 26.3 Å². The SMILES string of the molecule is COc1ccc2c(NCCCN(CCO[N+](=O)[O-])CCO[N+](=O)[O-])ccnc2c1. The van der Waals surface area contributed by atoms with Gasteiger partial charge in [0.2, 0.25) is 0 Å². The lowest BCUT2D eigenvalue weighted by Gasteiger charge is -2.21. The maximum absolute atomic E-state index is 10.3. The predicted molar refractivity (Wildman–Crippen MR) is 104 cm³/mol. The van der Waals surface area contributed by atoms with Gasteiger partial charge in [0.1, 0.15) is 19.0 Å². The highest BCUT2D eigenvalue weighted by Crippen LogP contribution is 2.25. The zero-order valence-corrected chi connectivity index (χ0v) is 16.0. The minimum atomic E-state index is -0.864. The van der Waals surface area contributed by atoms with E-state index < -0.39 is 10.2 Å². The van der Waals surface area contributed by atoms with Gasteiger partial charge in [0.15, 0.2) is 0 Å². The molecule has 0 spiro atoms. The Kier molecular flexibility index (Phi) is 8.63. The van der Waals surface area contributed by atoms with Gasteiger partial charge < -0.3 is 19.7 Å². The van der Waals surface area contributed by atoms with E-state index >= 15 is 0 Å². The van der Waals surface area contributed by atoms with Crippen LogP contribution in [-0.4, -0.2) is 66.6 Å². The summed E-state index contributed by atoms with van der Waals surface area (Å²) in [7, 11) is 1.60. The Labute approximate surface area is 166 Å². The molecule has 0 unspecified atom stereocenters. The topological polar surface area (TPSA) is 142 Å². The normalized spacial score (nSPS) is 10.7. The first-order valence-corrected chi connectivity index (χ1v) is 8.93. The molecule has 2 rings (SSSR count). The largest absolute Gasteiger partial charge is 0.497 e. The molecule has 0 aliphatic rings. The van der Waals surface area contributed by atoms with Gasteiger partial charge in [-0.25, -0.2) is 0 Å². The first kappa shape index (κ1) is 21.9. The Morgan fingerprint density at radius 2 is 1.76 bits per heavy atom. The highest BCUT2D eigenvalue weighted by Gasteiger charge is 2.08. The van der Waals surface area contributed by atoms with E-state index in [0.29, 0.717) is 19.5 Å². The molecule has 158 valence electrons. The van der Waals surface area contributed by atoms with Crippen molar-refractivity contribution in [2.24, 2.45) is 0 Å². The van der Waals surface area contributed by atoms with Crippen LogP contribution in [0.1, 0.15) is 6.42 Å². The summed E-state index contributed by atoms with van der Waals surface area (Å²) in [6.07, 6.45) is 2.41. The lowest BCUT2D eigenvalue weighted by molar-refractivity contribution is -0.758. The Balaban J connectivity index is 1.85. The molecule has 0 aliphatic heterocycles. The van der Waals surface area contributed by atoms with Crippen LogP contribution in [0.25, 0.3) is 10.9 Å². The third-order valence-electron chi connectivity index (χ3n) is 4.12. The molecule has 1 aromatic heterocycles.